The normalized spacial score (nSPS) is 10.7. The molecule has 0 fully saturated rings. The van der Waals surface area contributed by atoms with Crippen LogP contribution in [0.4, 0.5) is 0 Å². The Morgan fingerprint density at radius 2 is 2.35 bits per heavy atom. The fourth-order valence-corrected chi connectivity index (χ4v) is 2.13. The molecule has 0 aliphatic carbocycles. The molecule has 1 aromatic carbocycles. The van der Waals surface area contributed by atoms with Gasteiger partial charge in [0.05, 0.1) is 31.3 Å². The van der Waals surface area contributed by atoms with E-state index in [4.69, 9.17) is 4.74 Å². The van der Waals surface area contributed by atoms with E-state index in [0.29, 0.717) is 19.6 Å². The third-order valence-corrected chi connectivity index (χ3v) is 3.16. The molecular formula is C12H13BrN2O2. The molecule has 0 aliphatic rings. The minimum atomic E-state index is -0.189. The molecule has 4 nitrogen and oxygen atoms in total. The molecule has 0 unspecified atom stereocenters. The maximum absolute atomic E-state index is 11.3. The van der Waals surface area contributed by atoms with Gasteiger partial charge < -0.3 is 4.74 Å². The number of fused-ring (bicyclic) bond motifs is 1. The summed E-state index contributed by atoms with van der Waals surface area (Å²) in [6.45, 7) is 2.77. The summed E-state index contributed by atoms with van der Waals surface area (Å²) in [6.07, 6.45) is 2.14. The summed E-state index contributed by atoms with van der Waals surface area (Å²) < 4.78 is 7.71. The van der Waals surface area contributed by atoms with E-state index >= 15 is 0 Å². The van der Waals surface area contributed by atoms with Crippen molar-refractivity contribution in [2.75, 3.05) is 6.61 Å². The first-order valence-electron chi connectivity index (χ1n) is 5.48. The first-order chi connectivity index (χ1) is 8.22. The van der Waals surface area contributed by atoms with Crippen LogP contribution in [0.2, 0.25) is 0 Å². The van der Waals surface area contributed by atoms with E-state index < -0.39 is 0 Å². The van der Waals surface area contributed by atoms with Crippen molar-refractivity contribution in [3.63, 3.8) is 0 Å². The molecule has 0 atom stereocenters. The van der Waals surface area contributed by atoms with Crippen molar-refractivity contribution in [2.24, 2.45) is 0 Å². The van der Waals surface area contributed by atoms with Crippen molar-refractivity contribution in [3.05, 3.63) is 28.9 Å². The molecule has 0 saturated heterocycles. The van der Waals surface area contributed by atoms with Crippen molar-refractivity contribution in [2.45, 2.75) is 19.9 Å². The smallest absolute Gasteiger partial charge is 0.307 e. The third-order valence-electron chi connectivity index (χ3n) is 2.47. The highest BCUT2D eigenvalue weighted by molar-refractivity contribution is 9.10. The number of carbonyl (C=O) groups excluding carboxylic acids is 1. The highest BCUT2D eigenvalue weighted by atomic mass is 79.9. The molecule has 2 aromatic rings. The number of nitrogens with zero attached hydrogens (tertiary/aromatic N) is 2. The number of aromatic nitrogens is 2. The van der Waals surface area contributed by atoms with Gasteiger partial charge in [-0.3, -0.25) is 9.48 Å². The number of benzene rings is 1. The minimum absolute atomic E-state index is 0.189. The fraction of sp³-hybridized carbons (Fsp3) is 0.333. The summed E-state index contributed by atoms with van der Waals surface area (Å²) in [5, 5.41) is 5.32. The number of halogens is 1. The molecule has 0 spiro atoms. The van der Waals surface area contributed by atoms with Crippen molar-refractivity contribution in [1.29, 1.82) is 0 Å². The van der Waals surface area contributed by atoms with Crippen LogP contribution in [0.3, 0.4) is 0 Å². The SMILES string of the molecule is CCOC(=O)CCn1ncc2c(Br)cccc21. The Morgan fingerprint density at radius 1 is 1.53 bits per heavy atom. The van der Waals surface area contributed by atoms with E-state index in [1.54, 1.807) is 13.1 Å². The number of esters is 1. The van der Waals surface area contributed by atoms with Gasteiger partial charge in [-0.1, -0.05) is 22.0 Å². The Hall–Kier alpha value is -1.36. The molecule has 0 saturated carbocycles. The second kappa shape index (κ2) is 5.31. The van der Waals surface area contributed by atoms with Gasteiger partial charge >= 0.3 is 5.97 Å². The third kappa shape index (κ3) is 2.66. The summed E-state index contributed by atoms with van der Waals surface area (Å²) in [5.74, 6) is -0.189. The zero-order valence-electron chi connectivity index (χ0n) is 9.52. The predicted octanol–water partition coefficient (Wildman–Crippen LogP) is 2.75. The Balaban J connectivity index is 2.14. The monoisotopic (exact) mass is 296 g/mol. The molecule has 0 aliphatic heterocycles. The topological polar surface area (TPSA) is 44.1 Å². The van der Waals surface area contributed by atoms with Gasteiger partial charge in [0.1, 0.15) is 0 Å². The molecule has 1 heterocycles. The van der Waals surface area contributed by atoms with E-state index in [-0.39, 0.29) is 5.97 Å². The number of aryl methyl sites for hydroxylation is 1. The van der Waals surface area contributed by atoms with E-state index in [1.807, 2.05) is 22.9 Å². The number of rotatable bonds is 4. The first kappa shape index (κ1) is 12.1. The molecule has 0 bridgehead atoms. The summed E-state index contributed by atoms with van der Waals surface area (Å²) >= 11 is 3.47. The van der Waals surface area contributed by atoms with Crippen molar-refractivity contribution < 1.29 is 9.53 Å². The van der Waals surface area contributed by atoms with E-state index in [0.717, 1.165) is 15.4 Å². The lowest BCUT2D eigenvalue weighted by Gasteiger charge is -2.03. The molecule has 0 N–H and O–H groups in total. The second-order valence-corrected chi connectivity index (χ2v) is 4.45. The average molecular weight is 297 g/mol. The number of hydrogen-bond acceptors (Lipinski definition) is 3. The molecule has 0 radical (unpaired) electrons. The first-order valence-corrected chi connectivity index (χ1v) is 6.27. The number of carbonyl (C=O) groups is 1. The molecule has 2 rings (SSSR count). The fourth-order valence-electron chi connectivity index (χ4n) is 1.68. The van der Waals surface area contributed by atoms with Gasteiger partial charge in [-0.2, -0.15) is 5.10 Å². The standard InChI is InChI=1S/C12H13BrN2O2/c1-2-17-12(16)6-7-15-11-5-3-4-10(13)9(11)8-14-15/h3-5,8H,2,6-7H2,1H3. The van der Waals surface area contributed by atoms with Crippen LogP contribution < -0.4 is 0 Å². The average Bonchev–Trinajstić information content (AvgIpc) is 2.72. The highest BCUT2D eigenvalue weighted by Crippen LogP contribution is 2.23. The summed E-state index contributed by atoms with van der Waals surface area (Å²) in [4.78, 5) is 11.3. The Bertz CT molecular complexity index is 536. The quantitative estimate of drug-likeness (QED) is 0.815. The Morgan fingerprint density at radius 3 is 3.12 bits per heavy atom. The minimum Gasteiger partial charge on any atom is -0.466 e. The Kier molecular flexibility index (Phi) is 3.78. The van der Waals surface area contributed by atoms with Crippen LogP contribution in [0.5, 0.6) is 0 Å². The summed E-state index contributed by atoms with van der Waals surface area (Å²) in [6, 6.07) is 5.91. The lowest BCUT2D eigenvalue weighted by atomic mass is 10.2. The zero-order valence-corrected chi connectivity index (χ0v) is 11.1. The maximum Gasteiger partial charge on any atom is 0.307 e. The van der Waals surface area contributed by atoms with Crippen LogP contribution in [0.15, 0.2) is 28.9 Å². The Labute approximate surface area is 108 Å². The number of ether oxygens (including phenoxy) is 1. The van der Waals surface area contributed by atoms with Crippen molar-refractivity contribution in [1.82, 2.24) is 9.78 Å². The summed E-state index contributed by atoms with van der Waals surface area (Å²) in [5.41, 5.74) is 1.02. The van der Waals surface area contributed by atoms with Crippen molar-refractivity contribution >= 4 is 32.8 Å². The molecule has 1 aromatic heterocycles. The highest BCUT2D eigenvalue weighted by Gasteiger charge is 2.07. The maximum atomic E-state index is 11.3. The van der Waals surface area contributed by atoms with Crippen molar-refractivity contribution in [3.8, 4) is 0 Å². The van der Waals surface area contributed by atoms with E-state index in [9.17, 15) is 4.79 Å². The van der Waals surface area contributed by atoms with Crippen LogP contribution in [0.25, 0.3) is 10.9 Å². The molecule has 90 valence electrons. The lowest BCUT2D eigenvalue weighted by Crippen LogP contribution is -2.09. The molecule has 17 heavy (non-hydrogen) atoms. The van der Waals surface area contributed by atoms with Gasteiger partial charge in [0, 0.05) is 9.86 Å². The van der Waals surface area contributed by atoms with Crippen LogP contribution in [0, 0.1) is 0 Å². The largest absolute Gasteiger partial charge is 0.466 e. The van der Waals surface area contributed by atoms with E-state index in [1.165, 1.54) is 0 Å². The number of hydrogen-bond donors (Lipinski definition) is 0. The molecule has 5 heteroatoms. The van der Waals surface area contributed by atoms with Crippen LogP contribution in [-0.2, 0) is 16.1 Å². The van der Waals surface area contributed by atoms with Gasteiger partial charge in [0.25, 0.3) is 0 Å². The van der Waals surface area contributed by atoms with Gasteiger partial charge in [-0.05, 0) is 19.1 Å². The molecular weight excluding hydrogens is 284 g/mol. The van der Waals surface area contributed by atoms with E-state index in [2.05, 4.69) is 21.0 Å². The lowest BCUT2D eigenvalue weighted by molar-refractivity contribution is -0.143. The van der Waals surface area contributed by atoms with Gasteiger partial charge in [-0.15, -0.1) is 0 Å². The van der Waals surface area contributed by atoms with Gasteiger partial charge in [-0.25, -0.2) is 0 Å². The predicted molar refractivity (Wildman–Crippen MR) is 68.7 cm³/mol. The van der Waals surface area contributed by atoms with Gasteiger partial charge in [0.2, 0.25) is 0 Å². The second-order valence-electron chi connectivity index (χ2n) is 3.60. The molecule has 0 amide bonds. The van der Waals surface area contributed by atoms with Gasteiger partial charge in [0.15, 0.2) is 0 Å². The zero-order chi connectivity index (χ0) is 12.3. The van der Waals surface area contributed by atoms with Crippen LogP contribution >= 0.6 is 15.9 Å². The van der Waals surface area contributed by atoms with Crippen LogP contribution in [0.1, 0.15) is 13.3 Å². The summed E-state index contributed by atoms with van der Waals surface area (Å²) in [7, 11) is 0. The van der Waals surface area contributed by atoms with Crippen LogP contribution in [-0.4, -0.2) is 22.4 Å².